The molecule has 13 heavy (non-hydrogen) atoms. The van der Waals surface area contributed by atoms with Gasteiger partial charge < -0.3 is 10.4 Å². The number of carbonyl (C=O) groups is 1. The highest BCUT2D eigenvalue weighted by Gasteiger charge is 2.06. The molecular weight excluding hydrogens is 166 g/mol. The van der Waals surface area contributed by atoms with Crippen LogP contribution in [0.15, 0.2) is 23.4 Å². The van der Waals surface area contributed by atoms with Crippen LogP contribution in [0.2, 0.25) is 0 Å². The standard InChI is InChI=1S/C10H17NO2/c1-7(6-9(3)11-4)5-8(2)10(12)13/h5-6,8,11H,1-4H3,(H,12,13)/b7-5-,9-6-. The molecule has 0 aromatic carbocycles. The minimum Gasteiger partial charge on any atom is -0.481 e. The summed E-state index contributed by atoms with van der Waals surface area (Å²) in [7, 11) is 1.83. The molecule has 1 unspecified atom stereocenters. The third-order valence-electron chi connectivity index (χ3n) is 1.74. The first kappa shape index (κ1) is 11.8. The van der Waals surface area contributed by atoms with Crippen molar-refractivity contribution >= 4 is 5.97 Å². The van der Waals surface area contributed by atoms with Gasteiger partial charge in [-0.2, -0.15) is 0 Å². The molecule has 0 spiro atoms. The van der Waals surface area contributed by atoms with Crippen LogP contribution < -0.4 is 5.32 Å². The number of carboxylic acids is 1. The van der Waals surface area contributed by atoms with E-state index in [4.69, 9.17) is 5.11 Å². The molecule has 0 aliphatic rings. The Balaban J connectivity index is 4.41. The first-order valence-electron chi connectivity index (χ1n) is 4.24. The Morgan fingerprint density at radius 1 is 1.46 bits per heavy atom. The smallest absolute Gasteiger partial charge is 0.310 e. The molecule has 0 amide bonds. The summed E-state index contributed by atoms with van der Waals surface area (Å²) in [6, 6.07) is 0. The molecule has 3 nitrogen and oxygen atoms in total. The number of nitrogens with one attached hydrogen (secondary N) is 1. The van der Waals surface area contributed by atoms with Crippen molar-refractivity contribution in [3.8, 4) is 0 Å². The molecule has 0 heterocycles. The Bertz CT molecular complexity index is 241. The number of hydrogen-bond donors (Lipinski definition) is 2. The molecule has 0 saturated heterocycles. The fraction of sp³-hybridized carbons (Fsp3) is 0.500. The molecule has 0 fully saturated rings. The summed E-state index contributed by atoms with van der Waals surface area (Å²) in [5.41, 5.74) is 1.98. The number of carboxylic acid groups (broad SMARTS) is 1. The molecule has 0 aromatic rings. The van der Waals surface area contributed by atoms with Gasteiger partial charge in [0.15, 0.2) is 0 Å². The monoisotopic (exact) mass is 183 g/mol. The highest BCUT2D eigenvalue weighted by atomic mass is 16.4. The van der Waals surface area contributed by atoms with Gasteiger partial charge in [0.2, 0.25) is 0 Å². The molecule has 0 aliphatic heterocycles. The van der Waals surface area contributed by atoms with Gasteiger partial charge in [0.05, 0.1) is 5.92 Å². The molecule has 74 valence electrons. The molecule has 0 radical (unpaired) electrons. The van der Waals surface area contributed by atoms with E-state index < -0.39 is 11.9 Å². The van der Waals surface area contributed by atoms with Crippen LogP contribution in [0.5, 0.6) is 0 Å². The summed E-state index contributed by atoms with van der Waals surface area (Å²) in [6.07, 6.45) is 3.64. The molecule has 0 rings (SSSR count). The summed E-state index contributed by atoms with van der Waals surface area (Å²) in [5.74, 6) is -1.23. The summed E-state index contributed by atoms with van der Waals surface area (Å²) in [5, 5.41) is 11.6. The predicted molar refractivity (Wildman–Crippen MR) is 53.4 cm³/mol. The van der Waals surface area contributed by atoms with E-state index in [1.807, 2.05) is 27.0 Å². The highest BCUT2D eigenvalue weighted by Crippen LogP contribution is 2.05. The van der Waals surface area contributed by atoms with Crippen LogP contribution in [-0.4, -0.2) is 18.1 Å². The van der Waals surface area contributed by atoms with E-state index in [0.29, 0.717) is 0 Å². The van der Waals surface area contributed by atoms with Crippen LogP contribution >= 0.6 is 0 Å². The van der Waals surface area contributed by atoms with Crippen molar-refractivity contribution in [3.63, 3.8) is 0 Å². The van der Waals surface area contributed by atoms with Gasteiger partial charge in [-0.3, -0.25) is 4.79 Å². The Morgan fingerprint density at radius 3 is 2.38 bits per heavy atom. The molecule has 0 bridgehead atoms. The van der Waals surface area contributed by atoms with Crippen molar-refractivity contribution in [1.29, 1.82) is 0 Å². The number of rotatable bonds is 4. The molecule has 3 heteroatoms. The van der Waals surface area contributed by atoms with Crippen molar-refractivity contribution in [2.24, 2.45) is 5.92 Å². The Labute approximate surface area is 79.2 Å². The SMILES string of the molecule is CN/C(C)=C\C(C)=C/C(C)C(=O)O. The fourth-order valence-electron chi connectivity index (χ4n) is 0.927. The second-order valence-electron chi connectivity index (χ2n) is 3.11. The maximum Gasteiger partial charge on any atom is 0.310 e. The van der Waals surface area contributed by atoms with E-state index >= 15 is 0 Å². The number of hydrogen-bond acceptors (Lipinski definition) is 2. The van der Waals surface area contributed by atoms with Gasteiger partial charge in [0.25, 0.3) is 0 Å². The van der Waals surface area contributed by atoms with E-state index in [2.05, 4.69) is 5.32 Å². The zero-order chi connectivity index (χ0) is 10.4. The fourth-order valence-corrected chi connectivity index (χ4v) is 0.927. The van der Waals surface area contributed by atoms with Gasteiger partial charge in [-0.1, -0.05) is 11.6 Å². The molecule has 2 N–H and O–H groups in total. The van der Waals surface area contributed by atoms with Crippen molar-refractivity contribution in [1.82, 2.24) is 5.32 Å². The first-order chi connectivity index (χ1) is 5.97. The largest absolute Gasteiger partial charge is 0.481 e. The summed E-state index contributed by atoms with van der Waals surface area (Å²) in [6.45, 7) is 5.48. The van der Waals surface area contributed by atoms with Crippen molar-refractivity contribution in [3.05, 3.63) is 23.4 Å². The van der Waals surface area contributed by atoms with Gasteiger partial charge >= 0.3 is 5.97 Å². The zero-order valence-corrected chi connectivity index (χ0v) is 8.59. The van der Waals surface area contributed by atoms with Gasteiger partial charge in [0.1, 0.15) is 0 Å². The average Bonchev–Trinajstić information content (AvgIpc) is 2.03. The van der Waals surface area contributed by atoms with E-state index in [9.17, 15) is 4.79 Å². The zero-order valence-electron chi connectivity index (χ0n) is 8.59. The minimum atomic E-state index is -0.796. The van der Waals surface area contributed by atoms with Crippen LogP contribution in [-0.2, 0) is 4.79 Å². The maximum absolute atomic E-state index is 10.5. The van der Waals surface area contributed by atoms with Gasteiger partial charge in [-0.05, 0) is 26.8 Å². The number of aliphatic carboxylic acids is 1. The van der Waals surface area contributed by atoms with Crippen molar-refractivity contribution in [2.45, 2.75) is 20.8 Å². The number of allylic oxidation sites excluding steroid dienone is 3. The minimum absolute atomic E-state index is 0.430. The molecule has 0 aromatic heterocycles. The van der Waals surface area contributed by atoms with Crippen molar-refractivity contribution in [2.75, 3.05) is 7.05 Å². The average molecular weight is 183 g/mol. The predicted octanol–water partition coefficient (Wildman–Crippen LogP) is 1.78. The lowest BCUT2D eigenvalue weighted by Gasteiger charge is -2.02. The lowest BCUT2D eigenvalue weighted by molar-refractivity contribution is -0.139. The van der Waals surface area contributed by atoms with Crippen molar-refractivity contribution < 1.29 is 9.90 Å². The highest BCUT2D eigenvalue weighted by molar-refractivity contribution is 5.71. The lowest BCUT2D eigenvalue weighted by atomic mass is 10.1. The normalized spacial score (nSPS) is 15.4. The van der Waals surface area contributed by atoms with Crippen LogP contribution in [0.4, 0.5) is 0 Å². The van der Waals surface area contributed by atoms with E-state index in [-0.39, 0.29) is 0 Å². The van der Waals surface area contributed by atoms with Gasteiger partial charge in [0, 0.05) is 12.7 Å². The second-order valence-corrected chi connectivity index (χ2v) is 3.11. The van der Waals surface area contributed by atoms with E-state index in [0.717, 1.165) is 11.3 Å². The van der Waals surface area contributed by atoms with Crippen LogP contribution in [0.3, 0.4) is 0 Å². The summed E-state index contributed by atoms with van der Waals surface area (Å²) in [4.78, 5) is 10.5. The summed E-state index contributed by atoms with van der Waals surface area (Å²) < 4.78 is 0. The molecule has 0 aliphatic carbocycles. The van der Waals surface area contributed by atoms with Crippen LogP contribution in [0, 0.1) is 5.92 Å². The van der Waals surface area contributed by atoms with E-state index in [1.165, 1.54) is 0 Å². The van der Waals surface area contributed by atoms with Gasteiger partial charge in [-0.25, -0.2) is 0 Å². The summed E-state index contributed by atoms with van der Waals surface area (Å²) >= 11 is 0. The first-order valence-corrected chi connectivity index (χ1v) is 4.24. The molecular formula is C10H17NO2. The van der Waals surface area contributed by atoms with E-state index in [1.54, 1.807) is 13.0 Å². The third kappa shape index (κ3) is 5.06. The maximum atomic E-state index is 10.5. The molecule has 0 saturated carbocycles. The topological polar surface area (TPSA) is 49.3 Å². The Morgan fingerprint density at radius 2 is 2.00 bits per heavy atom. The second kappa shape index (κ2) is 5.41. The molecule has 1 atom stereocenters. The van der Waals surface area contributed by atoms with Crippen LogP contribution in [0.25, 0.3) is 0 Å². The van der Waals surface area contributed by atoms with Gasteiger partial charge in [-0.15, -0.1) is 0 Å². The van der Waals surface area contributed by atoms with Crippen LogP contribution in [0.1, 0.15) is 20.8 Å². The third-order valence-corrected chi connectivity index (χ3v) is 1.74. The Hall–Kier alpha value is -1.25. The lowest BCUT2D eigenvalue weighted by Crippen LogP contribution is -2.07. The Kier molecular flexibility index (Phi) is 4.89. The quantitative estimate of drug-likeness (QED) is 0.653.